The van der Waals surface area contributed by atoms with Crippen molar-refractivity contribution in [3.8, 4) is 0 Å². The van der Waals surface area contributed by atoms with Gasteiger partial charge in [0.05, 0.1) is 5.69 Å². The molecule has 2 aliphatic rings. The highest BCUT2D eigenvalue weighted by Gasteiger charge is 2.28. The first kappa shape index (κ1) is 24.9. The highest BCUT2D eigenvalue weighted by Crippen LogP contribution is 2.32. The smallest absolute Gasteiger partial charge is 0.244 e. The van der Waals surface area contributed by atoms with Crippen LogP contribution in [-0.4, -0.2) is 41.0 Å². The molecule has 0 saturated heterocycles. The lowest BCUT2D eigenvalue weighted by molar-refractivity contribution is -0.117. The number of anilines is 1. The number of aromatic nitrogens is 1. The summed E-state index contributed by atoms with van der Waals surface area (Å²) >= 11 is 1.68. The van der Waals surface area contributed by atoms with E-state index < -0.39 is 0 Å². The Morgan fingerprint density at radius 2 is 2.00 bits per heavy atom. The molecule has 1 heterocycles. The predicted molar refractivity (Wildman–Crippen MR) is 143 cm³/mol. The first-order valence-corrected chi connectivity index (χ1v) is 13.9. The lowest BCUT2D eigenvalue weighted by Gasteiger charge is -2.36. The first-order valence-electron chi connectivity index (χ1n) is 13.0. The van der Waals surface area contributed by atoms with E-state index in [4.69, 9.17) is 5.73 Å². The van der Waals surface area contributed by atoms with E-state index in [0.29, 0.717) is 12.1 Å². The minimum absolute atomic E-state index is 0.0289. The van der Waals surface area contributed by atoms with Crippen LogP contribution in [0.25, 0.3) is 6.08 Å². The van der Waals surface area contributed by atoms with Crippen molar-refractivity contribution >= 4 is 28.5 Å². The normalized spacial score (nSPS) is 22.7. The molecule has 0 bridgehead atoms. The molecule has 1 amide bonds. The zero-order chi connectivity index (χ0) is 23.9. The van der Waals surface area contributed by atoms with E-state index in [1.54, 1.807) is 17.4 Å². The average Bonchev–Trinajstić information content (AvgIpc) is 3.21. The molecule has 1 aromatic heterocycles. The van der Waals surface area contributed by atoms with Crippen LogP contribution in [0.3, 0.4) is 0 Å². The summed E-state index contributed by atoms with van der Waals surface area (Å²) in [6, 6.07) is 9.09. The molecule has 3 N–H and O–H groups in total. The second-order valence-corrected chi connectivity index (χ2v) is 11.2. The molecular formula is C28H40N4OS. The van der Waals surface area contributed by atoms with Crippen molar-refractivity contribution in [2.24, 2.45) is 5.92 Å². The number of nitrogens with two attached hydrogens (primary N) is 1. The summed E-state index contributed by atoms with van der Waals surface area (Å²) in [7, 11) is 0. The summed E-state index contributed by atoms with van der Waals surface area (Å²) in [5.41, 5.74) is 9.48. The Labute approximate surface area is 208 Å². The van der Waals surface area contributed by atoms with Gasteiger partial charge in [-0.25, -0.2) is 4.98 Å². The molecule has 1 saturated carbocycles. The van der Waals surface area contributed by atoms with E-state index in [9.17, 15) is 4.79 Å². The van der Waals surface area contributed by atoms with E-state index in [1.165, 1.54) is 61.3 Å². The number of nitrogen functional groups attached to an aromatic ring is 1. The zero-order valence-corrected chi connectivity index (χ0v) is 21.6. The fraction of sp³-hybridized carbons (Fsp3) is 0.571. The molecule has 1 fully saturated rings. The fourth-order valence-corrected chi connectivity index (χ4v) is 6.54. The number of benzene rings is 1. The van der Waals surface area contributed by atoms with Gasteiger partial charge >= 0.3 is 0 Å². The molecule has 184 valence electrons. The van der Waals surface area contributed by atoms with E-state index in [2.05, 4.69) is 35.1 Å². The number of amides is 1. The largest absolute Gasteiger partial charge is 0.375 e. The van der Waals surface area contributed by atoms with Crippen LogP contribution in [0, 0.1) is 12.8 Å². The second kappa shape index (κ2) is 12.0. The number of thiazole rings is 1. The van der Waals surface area contributed by atoms with Crippen molar-refractivity contribution in [2.45, 2.75) is 83.7 Å². The van der Waals surface area contributed by atoms with Crippen molar-refractivity contribution in [3.63, 3.8) is 0 Å². The molecule has 0 radical (unpaired) electrons. The van der Waals surface area contributed by atoms with E-state index in [-0.39, 0.29) is 5.91 Å². The highest BCUT2D eigenvalue weighted by atomic mass is 32.1. The number of nitrogens with zero attached hydrogens (tertiary/aromatic N) is 2. The van der Waals surface area contributed by atoms with Gasteiger partial charge in [0.2, 0.25) is 5.91 Å². The lowest BCUT2D eigenvalue weighted by atomic mass is 9.83. The minimum Gasteiger partial charge on any atom is -0.375 e. The fourth-order valence-electron chi connectivity index (χ4n) is 5.59. The van der Waals surface area contributed by atoms with Crippen molar-refractivity contribution < 1.29 is 4.79 Å². The number of nitrogens with one attached hydrogen (secondary N) is 1. The summed E-state index contributed by atoms with van der Waals surface area (Å²) in [6.45, 7) is 6.71. The lowest BCUT2D eigenvalue weighted by Crippen LogP contribution is -2.41. The number of hydrogen-bond acceptors (Lipinski definition) is 5. The molecule has 5 nitrogen and oxygen atoms in total. The number of carbonyl (C=O) groups is 1. The van der Waals surface area contributed by atoms with Gasteiger partial charge in [0.15, 0.2) is 5.13 Å². The van der Waals surface area contributed by atoms with E-state index in [0.717, 1.165) is 42.3 Å². The van der Waals surface area contributed by atoms with Crippen LogP contribution in [0.1, 0.15) is 73.6 Å². The number of aryl methyl sites for hydroxylation is 2. The van der Waals surface area contributed by atoms with Crippen molar-refractivity contribution in [2.75, 3.05) is 18.8 Å². The highest BCUT2D eigenvalue weighted by molar-refractivity contribution is 7.15. The third-order valence-corrected chi connectivity index (χ3v) is 8.53. The minimum atomic E-state index is 0.0289. The van der Waals surface area contributed by atoms with Gasteiger partial charge in [-0.2, -0.15) is 0 Å². The average molecular weight is 481 g/mol. The van der Waals surface area contributed by atoms with Crippen LogP contribution in [-0.2, 0) is 17.6 Å². The Morgan fingerprint density at radius 1 is 1.21 bits per heavy atom. The van der Waals surface area contributed by atoms with E-state index in [1.807, 2.05) is 24.3 Å². The maximum atomic E-state index is 12.4. The van der Waals surface area contributed by atoms with Gasteiger partial charge < -0.3 is 16.0 Å². The first-order chi connectivity index (χ1) is 16.5. The zero-order valence-electron chi connectivity index (χ0n) is 20.8. The molecule has 34 heavy (non-hydrogen) atoms. The molecular weight excluding hydrogens is 440 g/mol. The van der Waals surface area contributed by atoms with Crippen LogP contribution in [0.15, 0.2) is 30.3 Å². The summed E-state index contributed by atoms with van der Waals surface area (Å²) in [4.78, 5) is 21.1. The molecule has 4 rings (SSSR count). The van der Waals surface area contributed by atoms with Crippen LogP contribution in [0.5, 0.6) is 0 Å². The Morgan fingerprint density at radius 3 is 2.76 bits per heavy atom. The molecule has 0 aliphatic heterocycles. The van der Waals surface area contributed by atoms with Crippen LogP contribution >= 0.6 is 11.3 Å². The second-order valence-electron chi connectivity index (χ2n) is 10.1. The summed E-state index contributed by atoms with van der Waals surface area (Å²) in [5.74, 6) is 0.800. The molecule has 6 heteroatoms. The Kier molecular flexibility index (Phi) is 8.79. The number of fused-ring (bicyclic) bond motifs is 1. The van der Waals surface area contributed by atoms with Crippen LogP contribution in [0.4, 0.5) is 5.13 Å². The van der Waals surface area contributed by atoms with Gasteiger partial charge in [-0.1, -0.05) is 31.2 Å². The standard InChI is InChI=1S/C28H40N4OS/c1-3-17-32(24-13-14-25-26(19-24)34-28(29)31-25)18-16-21-8-11-23(12-9-21)30-27(33)15-10-22-7-5-4-6-20(22)2/h4-7,10,15,21,23-24H,3,8-9,11-14,16-19H2,1-2H3,(H2,29,31)(H,30,33)/b15-10+/t21?,23?,24-/m0/s1. The monoisotopic (exact) mass is 480 g/mol. The Balaban J connectivity index is 1.20. The maximum absolute atomic E-state index is 12.4. The van der Waals surface area contributed by atoms with Gasteiger partial charge in [0.1, 0.15) is 0 Å². The number of carbonyl (C=O) groups excluding carboxylic acids is 1. The van der Waals surface area contributed by atoms with Crippen LogP contribution in [0.2, 0.25) is 0 Å². The molecule has 1 atom stereocenters. The number of rotatable bonds is 9. The van der Waals surface area contributed by atoms with Crippen LogP contribution < -0.4 is 11.1 Å². The van der Waals surface area contributed by atoms with Gasteiger partial charge in [-0.05, 0) is 101 Å². The maximum Gasteiger partial charge on any atom is 0.244 e. The topological polar surface area (TPSA) is 71.2 Å². The molecule has 0 unspecified atom stereocenters. The van der Waals surface area contributed by atoms with Gasteiger partial charge in [-0.3, -0.25) is 4.79 Å². The van der Waals surface area contributed by atoms with Crippen molar-refractivity contribution in [1.82, 2.24) is 15.2 Å². The third-order valence-electron chi connectivity index (χ3n) is 7.58. The summed E-state index contributed by atoms with van der Waals surface area (Å²) in [5, 5.41) is 3.95. The molecule has 0 spiro atoms. The van der Waals surface area contributed by atoms with Gasteiger partial charge in [0, 0.05) is 23.0 Å². The predicted octanol–water partition coefficient (Wildman–Crippen LogP) is 5.38. The van der Waals surface area contributed by atoms with Crippen molar-refractivity contribution in [3.05, 3.63) is 52.0 Å². The summed E-state index contributed by atoms with van der Waals surface area (Å²) < 4.78 is 0. The van der Waals surface area contributed by atoms with Gasteiger partial charge in [0.25, 0.3) is 0 Å². The van der Waals surface area contributed by atoms with Gasteiger partial charge in [-0.15, -0.1) is 11.3 Å². The molecule has 2 aliphatic carbocycles. The van der Waals surface area contributed by atoms with E-state index >= 15 is 0 Å². The van der Waals surface area contributed by atoms with Crippen molar-refractivity contribution in [1.29, 1.82) is 0 Å². The number of hydrogen-bond donors (Lipinski definition) is 2. The molecule has 2 aromatic rings. The quantitative estimate of drug-likeness (QED) is 0.473. The molecule has 1 aromatic carbocycles. The SMILES string of the molecule is CCCN(CCC1CCC(NC(=O)/C=C/c2ccccc2C)CC1)[C@H]1CCc2nc(N)sc2C1. The third kappa shape index (κ3) is 6.70. The Bertz CT molecular complexity index is 977. The summed E-state index contributed by atoms with van der Waals surface area (Å²) in [6.07, 6.45) is 14.1. The Hall–Kier alpha value is -2.18.